The second-order valence-corrected chi connectivity index (χ2v) is 5.37. The van der Waals surface area contributed by atoms with Crippen molar-refractivity contribution in [2.24, 2.45) is 0 Å². The fourth-order valence-electron chi connectivity index (χ4n) is 1.84. The van der Waals surface area contributed by atoms with Gasteiger partial charge in [-0.05, 0) is 5.56 Å². The summed E-state index contributed by atoms with van der Waals surface area (Å²) >= 11 is 1.65. The first-order chi connectivity index (χ1) is 10.4. The first-order valence-electron chi connectivity index (χ1n) is 6.67. The van der Waals surface area contributed by atoms with Gasteiger partial charge in [-0.15, -0.1) is 0 Å². The number of rotatable bonds is 6. The highest BCUT2D eigenvalue weighted by Gasteiger charge is 2.03. The van der Waals surface area contributed by atoms with E-state index in [9.17, 15) is 0 Å². The molecule has 2 aromatic heterocycles. The molecule has 0 bridgehead atoms. The first-order valence-corrected chi connectivity index (χ1v) is 7.48. The summed E-state index contributed by atoms with van der Waals surface area (Å²) < 4.78 is 0. The monoisotopic (exact) mass is 297 g/mol. The Balaban J connectivity index is 1.49. The molecule has 5 nitrogen and oxygen atoms in total. The van der Waals surface area contributed by atoms with Crippen LogP contribution >= 0.6 is 11.3 Å². The molecule has 0 aliphatic rings. The topological polar surface area (TPSA) is 62.7 Å². The SMILES string of the molecule is c1ccc(-c2cnc(NCCNc3cnccn3)s2)cc1. The van der Waals surface area contributed by atoms with Crippen molar-refractivity contribution in [3.05, 3.63) is 55.1 Å². The van der Waals surface area contributed by atoms with Gasteiger partial charge in [0.05, 0.1) is 11.1 Å². The Labute approximate surface area is 127 Å². The minimum Gasteiger partial charge on any atom is -0.367 e. The fraction of sp³-hybridized carbons (Fsp3) is 0.133. The van der Waals surface area contributed by atoms with Crippen molar-refractivity contribution in [2.75, 3.05) is 23.7 Å². The van der Waals surface area contributed by atoms with Crippen LogP contribution in [0.1, 0.15) is 0 Å². The molecule has 21 heavy (non-hydrogen) atoms. The Kier molecular flexibility index (Phi) is 4.38. The highest BCUT2D eigenvalue weighted by molar-refractivity contribution is 7.18. The molecule has 0 unspecified atom stereocenters. The lowest BCUT2D eigenvalue weighted by Gasteiger charge is -2.05. The average Bonchev–Trinajstić information content (AvgIpc) is 3.02. The molecule has 0 spiro atoms. The van der Waals surface area contributed by atoms with Crippen LogP contribution < -0.4 is 10.6 Å². The Hall–Kier alpha value is -2.47. The Morgan fingerprint density at radius 2 is 1.76 bits per heavy atom. The molecule has 2 heterocycles. The van der Waals surface area contributed by atoms with Crippen LogP contribution in [0.15, 0.2) is 55.1 Å². The van der Waals surface area contributed by atoms with Crippen molar-refractivity contribution in [1.29, 1.82) is 0 Å². The Morgan fingerprint density at radius 1 is 0.905 bits per heavy atom. The van der Waals surface area contributed by atoms with E-state index in [1.807, 2.05) is 24.4 Å². The number of nitrogens with zero attached hydrogens (tertiary/aromatic N) is 3. The van der Waals surface area contributed by atoms with Gasteiger partial charge in [-0.1, -0.05) is 41.7 Å². The van der Waals surface area contributed by atoms with Gasteiger partial charge < -0.3 is 10.6 Å². The number of hydrogen-bond donors (Lipinski definition) is 2. The van der Waals surface area contributed by atoms with Crippen LogP contribution in [0.5, 0.6) is 0 Å². The van der Waals surface area contributed by atoms with Crippen LogP contribution in [0.25, 0.3) is 10.4 Å². The fourth-order valence-corrected chi connectivity index (χ4v) is 2.69. The molecule has 0 aliphatic heterocycles. The third-order valence-electron chi connectivity index (χ3n) is 2.83. The van der Waals surface area contributed by atoms with Crippen molar-refractivity contribution in [2.45, 2.75) is 0 Å². The lowest BCUT2D eigenvalue weighted by atomic mass is 10.2. The molecule has 0 amide bonds. The van der Waals surface area contributed by atoms with Crippen LogP contribution in [0, 0.1) is 0 Å². The zero-order valence-corrected chi connectivity index (χ0v) is 12.2. The molecule has 106 valence electrons. The summed E-state index contributed by atoms with van der Waals surface area (Å²) in [5.74, 6) is 0.781. The van der Waals surface area contributed by atoms with E-state index in [4.69, 9.17) is 0 Å². The van der Waals surface area contributed by atoms with E-state index >= 15 is 0 Å². The van der Waals surface area contributed by atoms with E-state index in [1.54, 1.807) is 29.9 Å². The summed E-state index contributed by atoms with van der Waals surface area (Å²) in [4.78, 5) is 13.7. The predicted octanol–water partition coefficient (Wildman–Crippen LogP) is 3.12. The third-order valence-corrected chi connectivity index (χ3v) is 3.84. The van der Waals surface area contributed by atoms with Gasteiger partial charge in [0, 0.05) is 31.7 Å². The van der Waals surface area contributed by atoms with Crippen molar-refractivity contribution >= 4 is 22.3 Å². The van der Waals surface area contributed by atoms with E-state index in [1.165, 1.54) is 10.4 Å². The summed E-state index contributed by atoms with van der Waals surface area (Å²) in [5.41, 5.74) is 1.20. The standard InChI is InChI=1S/C15H15N5S/c1-2-4-12(5-3-1)13-10-20-15(21-13)19-9-8-18-14-11-16-6-7-17-14/h1-7,10-11H,8-9H2,(H,17,18)(H,19,20). The van der Waals surface area contributed by atoms with Crippen molar-refractivity contribution in [3.63, 3.8) is 0 Å². The normalized spacial score (nSPS) is 10.3. The third kappa shape index (κ3) is 3.76. The lowest BCUT2D eigenvalue weighted by molar-refractivity contribution is 1.04. The second-order valence-electron chi connectivity index (χ2n) is 4.34. The van der Waals surface area contributed by atoms with Crippen LogP contribution in [-0.2, 0) is 0 Å². The Bertz CT molecular complexity index is 669. The van der Waals surface area contributed by atoms with Gasteiger partial charge in [0.1, 0.15) is 5.82 Å². The average molecular weight is 297 g/mol. The largest absolute Gasteiger partial charge is 0.367 e. The zero-order chi connectivity index (χ0) is 14.3. The molecular weight excluding hydrogens is 282 g/mol. The summed E-state index contributed by atoms with van der Waals surface area (Å²) in [6, 6.07) is 10.3. The molecule has 2 N–H and O–H groups in total. The highest BCUT2D eigenvalue weighted by atomic mass is 32.1. The van der Waals surface area contributed by atoms with Gasteiger partial charge in [-0.25, -0.2) is 9.97 Å². The molecule has 0 fully saturated rings. The van der Waals surface area contributed by atoms with Crippen molar-refractivity contribution < 1.29 is 0 Å². The van der Waals surface area contributed by atoms with Crippen LogP contribution in [0.3, 0.4) is 0 Å². The first kappa shape index (κ1) is 13.5. The molecule has 3 aromatic rings. The number of benzene rings is 1. The minimum absolute atomic E-state index is 0.763. The number of hydrogen-bond acceptors (Lipinski definition) is 6. The molecule has 3 rings (SSSR count). The number of nitrogens with one attached hydrogen (secondary N) is 2. The predicted molar refractivity (Wildman–Crippen MR) is 86.6 cm³/mol. The molecular formula is C15H15N5S. The molecule has 0 aliphatic carbocycles. The maximum absolute atomic E-state index is 4.39. The number of anilines is 2. The van der Waals surface area contributed by atoms with E-state index in [-0.39, 0.29) is 0 Å². The zero-order valence-electron chi connectivity index (χ0n) is 11.4. The summed E-state index contributed by atoms with van der Waals surface area (Å²) in [6.45, 7) is 1.54. The maximum Gasteiger partial charge on any atom is 0.183 e. The van der Waals surface area contributed by atoms with E-state index in [0.29, 0.717) is 0 Å². The Morgan fingerprint density at radius 3 is 2.57 bits per heavy atom. The molecule has 0 saturated carbocycles. The highest BCUT2D eigenvalue weighted by Crippen LogP contribution is 2.28. The van der Waals surface area contributed by atoms with Gasteiger partial charge >= 0.3 is 0 Å². The summed E-state index contributed by atoms with van der Waals surface area (Å²) in [7, 11) is 0. The van der Waals surface area contributed by atoms with Gasteiger partial charge in [0.2, 0.25) is 0 Å². The van der Waals surface area contributed by atoms with Crippen LogP contribution in [0.2, 0.25) is 0 Å². The maximum atomic E-state index is 4.39. The molecule has 0 saturated heterocycles. The van der Waals surface area contributed by atoms with Gasteiger partial charge in [0.15, 0.2) is 5.13 Å². The van der Waals surface area contributed by atoms with Gasteiger partial charge in [-0.3, -0.25) is 4.98 Å². The quantitative estimate of drug-likeness (QED) is 0.684. The van der Waals surface area contributed by atoms with Crippen LogP contribution in [0.4, 0.5) is 10.9 Å². The molecule has 6 heteroatoms. The lowest BCUT2D eigenvalue weighted by Crippen LogP contribution is -2.14. The van der Waals surface area contributed by atoms with Gasteiger partial charge in [0.25, 0.3) is 0 Å². The minimum atomic E-state index is 0.763. The summed E-state index contributed by atoms with van der Waals surface area (Å²) in [5, 5.41) is 7.42. The molecule has 0 radical (unpaired) electrons. The van der Waals surface area contributed by atoms with Crippen molar-refractivity contribution in [3.8, 4) is 10.4 Å². The summed E-state index contributed by atoms with van der Waals surface area (Å²) in [6.07, 6.45) is 6.93. The van der Waals surface area contributed by atoms with Crippen LogP contribution in [-0.4, -0.2) is 28.0 Å². The van der Waals surface area contributed by atoms with Crippen molar-refractivity contribution in [1.82, 2.24) is 15.0 Å². The van der Waals surface area contributed by atoms with E-state index in [0.717, 1.165) is 24.0 Å². The van der Waals surface area contributed by atoms with Gasteiger partial charge in [-0.2, -0.15) is 0 Å². The smallest absolute Gasteiger partial charge is 0.183 e. The molecule has 1 aromatic carbocycles. The molecule has 0 atom stereocenters. The number of thiazole rings is 1. The second kappa shape index (κ2) is 6.81. The van der Waals surface area contributed by atoms with E-state index < -0.39 is 0 Å². The number of aromatic nitrogens is 3. The van der Waals surface area contributed by atoms with E-state index in [2.05, 4.69) is 37.7 Å².